The Bertz CT molecular complexity index is 477. The maximum Gasteiger partial charge on any atom is 0.137 e. The van der Waals surface area contributed by atoms with Gasteiger partial charge in [-0.05, 0) is 39.2 Å². The zero-order chi connectivity index (χ0) is 13.9. The van der Waals surface area contributed by atoms with E-state index in [1.165, 1.54) is 55.9 Å². The van der Waals surface area contributed by atoms with Gasteiger partial charge in [0.1, 0.15) is 11.6 Å². The molecule has 0 N–H and O–H groups in total. The smallest absolute Gasteiger partial charge is 0.137 e. The highest BCUT2D eigenvalue weighted by molar-refractivity contribution is 5.06. The molecule has 0 aromatic carbocycles. The van der Waals surface area contributed by atoms with Crippen molar-refractivity contribution in [2.24, 2.45) is 0 Å². The third-order valence-corrected chi connectivity index (χ3v) is 4.50. The second-order valence-corrected chi connectivity index (χ2v) is 6.47. The van der Waals surface area contributed by atoms with Gasteiger partial charge in [-0.15, -0.1) is 10.2 Å². The maximum absolute atomic E-state index is 4.54. The molecule has 0 saturated carbocycles. The first kappa shape index (κ1) is 13.8. The molecule has 2 aliphatic heterocycles. The predicted octanol–water partition coefficient (Wildman–Crippen LogP) is 2.76. The van der Waals surface area contributed by atoms with Gasteiger partial charge in [0.25, 0.3) is 0 Å². The minimum Gasteiger partial charge on any atom is -0.315 e. The summed E-state index contributed by atoms with van der Waals surface area (Å²) in [7, 11) is 0. The summed E-state index contributed by atoms with van der Waals surface area (Å²) in [6, 6.07) is 0. The molecule has 1 saturated heterocycles. The Hall–Kier alpha value is -1.16. The number of rotatable bonds is 3. The van der Waals surface area contributed by atoms with E-state index in [4.69, 9.17) is 0 Å². The monoisotopic (exact) mass is 274 g/mol. The highest BCUT2D eigenvalue weighted by atomic mass is 15.3. The molecule has 4 nitrogen and oxygen atoms in total. The average Bonchev–Trinajstić information content (AvgIpc) is 2.67. The van der Waals surface area contributed by atoms with Crippen LogP contribution in [0.1, 0.15) is 56.6 Å². The first-order chi connectivity index (χ1) is 9.74. The molecule has 1 aromatic heterocycles. The molecule has 1 atom stereocenters. The quantitative estimate of drug-likeness (QED) is 0.795. The van der Waals surface area contributed by atoms with Crippen molar-refractivity contribution < 1.29 is 0 Å². The molecule has 0 radical (unpaired) electrons. The van der Waals surface area contributed by atoms with Gasteiger partial charge in [0.2, 0.25) is 0 Å². The lowest BCUT2D eigenvalue weighted by Crippen LogP contribution is -2.36. The summed E-state index contributed by atoms with van der Waals surface area (Å²) in [4.78, 5) is 2.52. The summed E-state index contributed by atoms with van der Waals surface area (Å²) >= 11 is 0. The van der Waals surface area contributed by atoms with E-state index in [1.807, 2.05) is 0 Å². The molecule has 110 valence electrons. The van der Waals surface area contributed by atoms with Crippen LogP contribution in [0.5, 0.6) is 0 Å². The second kappa shape index (κ2) is 6.08. The van der Waals surface area contributed by atoms with E-state index in [0.717, 1.165) is 26.1 Å². The zero-order valence-corrected chi connectivity index (χ0v) is 12.6. The Morgan fingerprint density at radius 3 is 2.95 bits per heavy atom. The van der Waals surface area contributed by atoms with Gasteiger partial charge in [-0.25, -0.2) is 0 Å². The van der Waals surface area contributed by atoms with Gasteiger partial charge in [0, 0.05) is 32.0 Å². The van der Waals surface area contributed by atoms with Crippen LogP contribution in [-0.4, -0.2) is 39.3 Å². The molecule has 0 aliphatic carbocycles. The third kappa shape index (κ3) is 2.95. The summed E-state index contributed by atoms with van der Waals surface area (Å²) in [5, 5.41) is 9.00. The van der Waals surface area contributed by atoms with Gasteiger partial charge in [-0.3, -0.25) is 4.90 Å². The third-order valence-electron chi connectivity index (χ3n) is 4.50. The molecule has 0 spiro atoms. The summed E-state index contributed by atoms with van der Waals surface area (Å²) in [5.41, 5.74) is 1.26. The van der Waals surface area contributed by atoms with Crippen molar-refractivity contribution in [2.75, 3.05) is 19.6 Å². The minimum absolute atomic E-state index is 0.558. The second-order valence-electron chi connectivity index (χ2n) is 6.47. The Labute approximate surface area is 121 Å². The van der Waals surface area contributed by atoms with Crippen molar-refractivity contribution in [3.8, 4) is 0 Å². The van der Waals surface area contributed by atoms with Crippen LogP contribution < -0.4 is 0 Å². The normalized spacial score (nSPS) is 24.1. The lowest BCUT2D eigenvalue weighted by molar-refractivity contribution is 0.217. The fraction of sp³-hybridized carbons (Fsp3) is 0.750. The van der Waals surface area contributed by atoms with Crippen molar-refractivity contribution in [3.05, 3.63) is 23.8 Å². The van der Waals surface area contributed by atoms with E-state index in [0.29, 0.717) is 5.92 Å². The number of fused-ring (bicyclic) bond motifs is 1. The van der Waals surface area contributed by atoms with Gasteiger partial charge in [-0.1, -0.05) is 18.6 Å². The number of aromatic nitrogens is 3. The molecule has 0 bridgehead atoms. The lowest BCUT2D eigenvalue weighted by atomic mass is 9.96. The highest BCUT2D eigenvalue weighted by Crippen LogP contribution is 2.28. The van der Waals surface area contributed by atoms with E-state index in [-0.39, 0.29) is 0 Å². The number of nitrogens with zero attached hydrogens (tertiary/aromatic N) is 4. The number of piperidine rings is 1. The molecule has 1 aromatic rings. The molecule has 3 heterocycles. The maximum atomic E-state index is 4.54. The van der Waals surface area contributed by atoms with Crippen LogP contribution in [0.2, 0.25) is 0 Å². The summed E-state index contributed by atoms with van der Waals surface area (Å²) < 4.78 is 2.42. The summed E-state index contributed by atoms with van der Waals surface area (Å²) in [6.07, 6.45) is 7.50. The van der Waals surface area contributed by atoms with Gasteiger partial charge in [0.15, 0.2) is 0 Å². The van der Waals surface area contributed by atoms with Gasteiger partial charge in [-0.2, -0.15) is 0 Å². The molecular weight excluding hydrogens is 248 g/mol. The van der Waals surface area contributed by atoms with Crippen molar-refractivity contribution >= 4 is 0 Å². The fourth-order valence-corrected chi connectivity index (χ4v) is 3.60. The Morgan fingerprint density at radius 2 is 2.10 bits per heavy atom. The molecule has 20 heavy (non-hydrogen) atoms. The predicted molar refractivity (Wildman–Crippen MR) is 80.8 cm³/mol. The van der Waals surface area contributed by atoms with Crippen molar-refractivity contribution in [1.29, 1.82) is 0 Å². The molecular formula is C16H26N4. The molecule has 3 rings (SSSR count). The number of likely N-dealkylation sites (tertiary alicyclic amines) is 1. The summed E-state index contributed by atoms with van der Waals surface area (Å²) in [5.74, 6) is 3.02. The van der Waals surface area contributed by atoms with E-state index in [1.54, 1.807) is 0 Å². The largest absolute Gasteiger partial charge is 0.315 e. The topological polar surface area (TPSA) is 34.0 Å². The zero-order valence-electron chi connectivity index (χ0n) is 12.6. The van der Waals surface area contributed by atoms with Crippen LogP contribution in [0.25, 0.3) is 0 Å². The van der Waals surface area contributed by atoms with Crippen LogP contribution in [0, 0.1) is 0 Å². The van der Waals surface area contributed by atoms with Gasteiger partial charge >= 0.3 is 0 Å². The SMILES string of the molecule is C=C(C)CN1CCC[C@H](c2nnc3n2CCCCC3)C1. The standard InChI is InChI=1S/C16H26N4/c1-13(2)11-19-9-6-7-14(12-19)16-18-17-15-8-4-3-5-10-20(15)16/h14H,1,3-12H2,2H3/t14-/m0/s1. The number of aryl methyl sites for hydroxylation is 1. The molecule has 4 heteroatoms. The average molecular weight is 274 g/mol. The highest BCUT2D eigenvalue weighted by Gasteiger charge is 2.27. The fourth-order valence-electron chi connectivity index (χ4n) is 3.60. The van der Waals surface area contributed by atoms with E-state index < -0.39 is 0 Å². The lowest BCUT2D eigenvalue weighted by Gasteiger charge is -2.32. The molecule has 1 fully saturated rings. The Kier molecular flexibility index (Phi) is 4.20. The van der Waals surface area contributed by atoms with Crippen molar-refractivity contribution in [2.45, 2.75) is 57.9 Å². The van der Waals surface area contributed by atoms with Crippen LogP contribution in [-0.2, 0) is 13.0 Å². The van der Waals surface area contributed by atoms with Crippen LogP contribution >= 0.6 is 0 Å². The van der Waals surface area contributed by atoms with Crippen molar-refractivity contribution in [1.82, 2.24) is 19.7 Å². The van der Waals surface area contributed by atoms with E-state index in [2.05, 4.69) is 33.2 Å². The molecule has 0 unspecified atom stereocenters. The van der Waals surface area contributed by atoms with Crippen LogP contribution in [0.15, 0.2) is 12.2 Å². The summed E-state index contributed by atoms with van der Waals surface area (Å²) in [6.45, 7) is 10.6. The number of hydrogen-bond acceptors (Lipinski definition) is 3. The van der Waals surface area contributed by atoms with Gasteiger partial charge < -0.3 is 4.57 Å². The Morgan fingerprint density at radius 1 is 1.20 bits per heavy atom. The molecule has 0 amide bonds. The minimum atomic E-state index is 0.558. The van der Waals surface area contributed by atoms with Crippen LogP contribution in [0.3, 0.4) is 0 Å². The van der Waals surface area contributed by atoms with E-state index >= 15 is 0 Å². The molecule has 2 aliphatic rings. The Balaban J connectivity index is 1.75. The van der Waals surface area contributed by atoms with Crippen LogP contribution in [0.4, 0.5) is 0 Å². The van der Waals surface area contributed by atoms with Gasteiger partial charge in [0.05, 0.1) is 0 Å². The first-order valence-electron chi connectivity index (χ1n) is 8.03. The number of hydrogen-bond donors (Lipinski definition) is 0. The first-order valence-corrected chi connectivity index (χ1v) is 8.03. The van der Waals surface area contributed by atoms with Crippen molar-refractivity contribution in [3.63, 3.8) is 0 Å². The van der Waals surface area contributed by atoms with E-state index in [9.17, 15) is 0 Å².